The van der Waals surface area contributed by atoms with E-state index in [1.165, 1.54) is 6.42 Å². The van der Waals surface area contributed by atoms with Crippen LogP contribution in [0.3, 0.4) is 0 Å². The average molecular weight is 368 g/mol. The molecule has 1 aliphatic heterocycles. The van der Waals surface area contributed by atoms with Gasteiger partial charge in [-0.05, 0) is 18.9 Å². The van der Waals surface area contributed by atoms with E-state index < -0.39 is 10.2 Å². The fraction of sp³-hybridized carbons (Fsp3) is 0.667. The molecule has 25 heavy (non-hydrogen) atoms. The molecule has 0 radical (unpaired) electrons. The van der Waals surface area contributed by atoms with E-state index in [9.17, 15) is 8.42 Å². The molecule has 1 saturated carbocycles. The van der Waals surface area contributed by atoms with Gasteiger partial charge in [-0.25, -0.2) is 0 Å². The van der Waals surface area contributed by atoms with E-state index in [0.717, 1.165) is 37.0 Å². The fourth-order valence-electron chi connectivity index (χ4n) is 3.97. The van der Waals surface area contributed by atoms with Crippen molar-refractivity contribution in [1.82, 2.24) is 13.9 Å². The molecule has 1 N–H and O–H groups in total. The van der Waals surface area contributed by atoms with Crippen LogP contribution in [-0.4, -0.2) is 56.9 Å². The van der Waals surface area contributed by atoms with Crippen molar-refractivity contribution < 1.29 is 13.2 Å². The van der Waals surface area contributed by atoms with Crippen molar-refractivity contribution in [2.24, 2.45) is 0 Å². The van der Waals surface area contributed by atoms with E-state index >= 15 is 0 Å². The maximum absolute atomic E-state index is 13.4. The third-order valence-electron chi connectivity index (χ3n) is 5.44. The zero-order valence-corrected chi connectivity index (χ0v) is 16.0. The van der Waals surface area contributed by atoms with Crippen LogP contribution in [0.25, 0.3) is 0 Å². The fourth-order valence-corrected chi connectivity index (χ4v) is 5.72. The summed E-state index contributed by atoms with van der Waals surface area (Å²) in [7, 11) is -0.143. The van der Waals surface area contributed by atoms with E-state index in [1.54, 1.807) is 22.8 Å². The lowest BCUT2D eigenvalue weighted by atomic mass is 9.96. The molecule has 1 unspecified atom stereocenters. The van der Waals surface area contributed by atoms with E-state index in [1.807, 2.05) is 24.3 Å². The highest BCUT2D eigenvalue weighted by Crippen LogP contribution is 2.34. The minimum atomic E-state index is -3.51. The number of ether oxygens (including phenoxy) is 1. The smallest absolute Gasteiger partial charge is 0.282 e. The summed E-state index contributed by atoms with van der Waals surface area (Å²) < 4.78 is 35.4. The van der Waals surface area contributed by atoms with Crippen molar-refractivity contribution in [1.29, 1.82) is 0 Å². The first kappa shape index (κ1) is 18.6. The number of nitrogens with zero attached hydrogens (tertiary/aromatic N) is 2. The molecule has 7 heteroatoms. The molecule has 1 aliphatic carbocycles. The summed E-state index contributed by atoms with van der Waals surface area (Å²) in [6.45, 7) is 1.74. The van der Waals surface area contributed by atoms with Gasteiger partial charge in [0.15, 0.2) is 0 Å². The Morgan fingerprint density at radius 1 is 1.20 bits per heavy atom. The molecule has 1 heterocycles. The van der Waals surface area contributed by atoms with Crippen LogP contribution >= 0.6 is 0 Å². The number of rotatable bonds is 5. The van der Waals surface area contributed by atoms with Crippen molar-refractivity contribution in [2.75, 3.05) is 33.8 Å². The maximum atomic E-state index is 13.4. The number of hydrogen-bond acceptors (Lipinski definition) is 4. The molecule has 1 atom stereocenters. The Balaban J connectivity index is 1.89. The van der Waals surface area contributed by atoms with Crippen LogP contribution in [0.1, 0.15) is 43.7 Å². The molecule has 1 saturated heterocycles. The lowest BCUT2D eigenvalue weighted by molar-refractivity contribution is 0.220. The summed E-state index contributed by atoms with van der Waals surface area (Å²) in [5.41, 5.74) is 0.915. The second-order valence-corrected chi connectivity index (χ2v) is 8.83. The lowest BCUT2D eigenvalue weighted by Gasteiger charge is -2.40. The zero-order valence-electron chi connectivity index (χ0n) is 15.1. The highest BCUT2D eigenvalue weighted by molar-refractivity contribution is 7.86. The Bertz CT molecular complexity index is 674. The topological polar surface area (TPSA) is 61.9 Å². The van der Waals surface area contributed by atoms with Gasteiger partial charge >= 0.3 is 0 Å². The lowest BCUT2D eigenvalue weighted by Crippen LogP contribution is -2.54. The highest BCUT2D eigenvalue weighted by atomic mass is 32.2. The number of piperazine rings is 1. The number of methoxy groups -OCH3 is 1. The van der Waals surface area contributed by atoms with Crippen LogP contribution in [0.2, 0.25) is 0 Å². The molecular formula is C18H29N3O3S. The summed E-state index contributed by atoms with van der Waals surface area (Å²) in [6.07, 6.45) is 5.36. The third kappa shape index (κ3) is 3.84. The van der Waals surface area contributed by atoms with Crippen LogP contribution in [0.5, 0.6) is 5.75 Å². The number of nitrogens with one attached hydrogen (secondary N) is 1. The minimum Gasteiger partial charge on any atom is -0.496 e. The molecule has 0 amide bonds. The predicted molar refractivity (Wildman–Crippen MR) is 98.9 cm³/mol. The van der Waals surface area contributed by atoms with Gasteiger partial charge in [0.25, 0.3) is 10.2 Å². The van der Waals surface area contributed by atoms with Gasteiger partial charge in [0, 0.05) is 38.3 Å². The average Bonchev–Trinajstić information content (AvgIpc) is 2.68. The Kier molecular flexibility index (Phi) is 5.99. The summed E-state index contributed by atoms with van der Waals surface area (Å²) in [6, 6.07) is 7.56. The molecule has 6 nitrogen and oxygen atoms in total. The largest absolute Gasteiger partial charge is 0.496 e. The van der Waals surface area contributed by atoms with E-state index in [-0.39, 0.29) is 12.1 Å². The number of benzene rings is 1. The van der Waals surface area contributed by atoms with Crippen LogP contribution in [0.4, 0.5) is 0 Å². The second-order valence-electron chi connectivity index (χ2n) is 6.89. The predicted octanol–water partition coefficient (Wildman–Crippen LogP) is 2.15. The van der Waals surface area contributed by atoms with Crippen molar-refractivity contribution in [3.63, 3.8) is 0 Å². The molecule has 140 valence electrons. The van der Waals surface area contributed by atoms with Crippen LogP contribution < -0.4 is 10.1 Å². The molecule has 0 spiro atoms. The molecule has 1 aromatic carbocycles. The first-order valence-corrected chi connectivity index (χ1v) is 10.5. The first-order valence-electron chi connectivity index (χ1n) is 9.14. The molecule has 2 fully saturated rings. The summed E-state index contributed by atoms with van der Waals surface area (Å²) in [5.74, 6) is 0.733. The van der Waals surface area contributed by atoms with Gasteiger partial charge in [0.1, 0.15) is 5.75 Å². The van der Waals surface area contributed by atoms with Gasteiger partial charge in [0.2, 0.25) is 0 Å². The van der Waals surface area contributed by atoms with E-state index in [2.05, 4.69) is 5.32 Å². The van der Waals surface area contributed by atoms with Gasteiger partial charge in [-0.3, -0.25) is 0 Å². The van der Waals surface area contributed by atoms with Crippen LogP contribution in [0, 0.1) is 0 Å². The minimum absolute atomic E-state index is 0.118. The SMILES string of the molecule is COc1ccccc1C1CNCCN1S(=O)(=O)N(C)C1CCCCC1. The second kappa shape index (κ2) is 8.03. The molecule has 3 rings (SSSR count). The van der Waals surface area contributed by atoms with Crippen molar-refractivity contribution in [3.8, 4) is 5.75 Å². The van der Waals surface area contributed by atoms with Gasteiger partial charge in [-0.2, -0.15) is 17.0 Å². The van der Waals surface area contributed by atoms with Gasteiger partial charge in [-0.15, -0.1) is 0 Å². The molecule has 1 aromatic rings. The maximum Gasteiger partial charge on any atom is 0.282 e. The number of hydrogen-bond donors (Lipinski definition) is 1. The summed E-state index contributed by atoms with van der Waals surface area (Å²) >= 11 is 0. The normalized spacial score (nSPS) is 23.7. The molecule has 2 aliphatic rings. The van der Waals surface area contributed by atoms with Gasteiger partial charge in [0.05, 0.1) is 13.2 Å². The number of para-hydroxylation sites is 1. The van der Waals surface area contributed by atoms with Gasteiger partial charge in [-0.1, -0.05) is 37.5 Å². The third-order valence-corrected chi connectivity index (χ3v) is 7.50. The highest BCUT2D eigenvalue weighted by Gasteiger charge is 2.39. The van der Waals surface area contributed by atoms with Crippen molar-refractivity contribution >= 4 is 10.2 Å². The molecule has 0 aromatic heterocycles. The standard InChI is InChI=1S/C18H29N3O3S/c1-20(15-8-4-3-5-9-15)25(22,23)21-13-12-19-14-17(21)16-10-6-7-11-18(16)24-2/h6-7,10-11,15,17,19H,3-5,8-9,12-14H2,1-2H3. The summed E-state index contributed by atoms with van der Waals surface area (Å²) in [4.78, 5) is 0. The Morgan fingerprint density at radius 3 is 2.64 bits per heavy atom. The van der Waals surface area contributed by atoms with Crippen LogP contribution in [0.15, 0.2) is 24.3 Å². The van der Waals surface area contributed by atoms with E-state index in [4.69, 9.17) is 4.74 Å². The van der Waals surface area contributed by atoms with Crippen molar-refractivity contribution in [3.05, 3.63) is 29.8 Å². The summed E-state index contributed by atoms with van der Waals surface area (Å²) in [5, 5.41) is 3.32. The van der Waals surface area contributed by atoms with Crippen molar-refractivity contribution in [2.45, 2.75) is 44.2 Å². The Morgan fingerprint density at radius 2 is 1.92 bits per heavy atom. The quantitative estimate of drug-likeness (QED) is 0.866. The van der Waals surface area contributed by atoms with E-state index in [0.29, 0.717) is 19.6 Å². The first-order chi connectivity index (χ1) is 12.1. The zero-order chi connectivity index (χ0) is 17.9. The Hall–Kier alpha value is -1.15. The van der Waals surface area contributed by atoms with Crippen LogP contribution in [-0.2, 0) is 10.2 Å². The van der Waals surface area contributed by atoms with Gasteiger partial charge < -0.3 is 10.1 Å². The molecular weight excluding hydrogens is 338 g/mol. The molecule has 0 bridgehead atoms. The monoisotopic (exact) mass is 367 g/mol. The Labute approximate surface area is 151 Å².